The monoisotopic (exact) mass is 338 g/mol. The summed E-state index contributed by atoms with van der Waals surface area (Å²) >= 11 is 3.47. The highest BCUT2D eigenvalue weighted by atomic mass is 79.9. The number of aliphatic hydroxyl groups excluding tert-OH is 1. The van der Waals surface area contributed by atoms with Crippen molar-refractivity contribution >= 4 is 26.7 Å². The van der Waals surface area contributed by atoms with Crippen LogP contribution in [-0.4, -0.2) is 5.11 Å². The predicted molar refractivity (Wildman–Crippen MR) is 89.6 cm³/mol. The molecule has 1 nitrogen and oxygen atoms in total. The molecule has 0 bridgehead atoms. The summed E-state index contributed by atoms with van der Waals surface area (Å²) in [5, 5.41) is 13.3. The molecule has 3 aromatic rings. The second-order valence-corrected chi connectivity index (χ2v) is 6.53. The van der Waals surface area contributed by atoms with E-state index in [0.29, 0.717) is 0 Å². The van der Waals surface area contributed by atoms with Crippen LogP contribution in [0.3, 0.4) is 0 Å². The van der Waals surface area contributed by atoms with Gasteiger partial charge in [0.1, 0.15) is 6.10 Å². The summed E-state index contributed by atoms with van der Waals surface area (Å²) < 4.78 is 0.991. The van der Waals surface area contributed by atoms with Crippen LogP contribution in [0, 0.1) is 0 Å². The van der Waals surface area contributed by atoms with Gasteiger partial charge in [0.25, 0.3) is 0 Å². The van der Waals surface area contributed by atoms with Crippen LogP contribution in [0.15, 0.2) is 59.1 Å². The highest BCUT2D eigenvalue weighted by Gasteiger charge is 2.19. The first-order valence-electron chi connectivity index (χ1n) is 7.21. The Bertz CT molecular complexity index is 828. The maximum absolute atomic E-state index is 10.8. The average molecular weight is 339 g/mol. The number of halogens is 1. The fourth-order valence-corrected chi connectivity index (χ4v) is 3.78. The minimum atomic E-state index is -0.590. The fraction of sp³-hybridized carbons (Fsp3) is 0.158. The second kappa shape index (κ2) is 4.97. The first kappa shape index (κ1) is 13.1. The topological polar surface area (TPSA) is 20.2 Å². The normalized spacial score (nSPS) is 14.6. The lowest BCUT2D eigenvalue weighted by molar-refractivity contribution is 0.222. The maximum Gasteiger partial charge on any atom is 0.105 e. The summed E-state index contributed by atoms with van der Waals surface area (Å²) in [6.45, 7) is 0. The molecule has 0 radical (unpaired) electrons. The van der Waals surface area contributed by atoms with E-state index >= 15 is 0 Å². The lowest BCUT2D eigenvalue weighted by atomic mass is 9.93. The molecule has 0 heterocycles. The van der Waals surface area contributed by atoms with E-state index in [1.807, 2.05) is 24.3 Å². The molecule has 1 aliphatic carbocycles. The third-order valence-corrected chi connectivity index (χ3v) is 4.86. The zero-order valence-corrected chi connectivity index (χ0v) is 13.1. The van der Waals surface area contributed by atoms with E-state index in [-0.39, 0.29) is 0 Å². The van der Waals surface area contributed by atoms with Crippen LogP contribution >= 0.6 is 15.9 Å². The molecular formula is C19H15BrO. The summed E-state index contributed by atoms with van der Waals surface area (Å²) in [5.74, 6) is 0. The van der Waals surface area contributed by atoms with Crippen molar-refractivity contribution in [2.75, 3.05) is 0 Å². The van der Waals surface area contributed by atoms with Crippen LogP contribution in [0.4, 0.5) is 0 Å². The van der Waals surface area contributed by atoms with E-state index in [9.17, 15) is 5.11 Å². The molecule has 0 aromatic heterocycles. The quantitative estimate of drug-likeness (QED) is 0.712. The van der Waals surface area contributed by atoms with Gasteiger partial charge in [-0.25, -0.2) is 0 Å². The van der Waals surface area contributed by atoms with Gasteiger partial charge in [-0.1, -0.05) is 58.4 Å². The van der Waals surface area contributed by atoms with Crippen molar-refractivity contribution in [3.05, 3.63) is 81.3 Å². The number of benzene rings is 3. The Morgan fingerprint density at radius 1 is 0.905 bits per heavy atom. The van der Waals surface area contributed by atoms with Crippen molar-refractivity contribution in [2.45, 2.75) is 18.9 Å². The SMILES string of the molecule is O[C@@H](c1cccc(Br)c1)c1ccc2c3c(cccc13)CC2. The summed E-state index contributed by atoms with van der Waals surface area (Å²) in [6.07, 6.45) is 1.64. The Balaban J connectivity index is 1.92. The van der Waals surface area contributed by atoms with Gasteiger partial charge >= 0.3 is 0 Å². The van der Waals surface area contributed by atoms with Gasteiger partial charge in [0.05, 0.1) is 0 Å². The van der Waals surface area contributed by atoms with E-state index in [1.54, 1.807) is 0 Å². The third kappa shape index (κ3) is 2.10. The van der Waals surface area contributed by atoms with Gasteiger partial charge in [-0.2, -0.15) is 0 Å². The maximum atomic E-state index is 10.8. The number of hydrogen-bond acceptors (Lipinski definition) is 1. The van der Waals surface area contributed by atoms with E-state index in [4.69, 9.17) is 0 Å². The van der Waals surface area contributed by atoms with Crippen molar-refractivity contribution in [3.8, 4) is 0 Å². The minimum Gasteiger partial charge on any atom is -0.384 e. The zero-order valence-electron chi connectivity index (χ0n) is 11.5. The predicted octanol–water partition coefficient (Wildman–Crippen LogP) is 4.78. The van der Waals surface area contributed by atoms with Crippen molar-refractivity contribution in [1.29, 1.82) is 0 Å². The molecule has 0 spiro atoms. The standard InChI is InChI=1S/C19H15BrO/c20-15-5-1-4-14(11-15)19(21)17-10-9-13-8-7-12-3-2-6-16(17)18(12)13/h1-6,9-11,19,21H,7-8H2/t19-/m0/s1. The van der Waals surface area contributed by atoms with Crippen LogP contribution in [0.1, 0.15) is 28.4 Å². The highest BCUT2D eigenvalue weighted by molar-refractivity contribution is 9.10. The van der Waals surface area contributed by atoms with Gasteiger partial charge in [-0.05, 0) is 58.0 Å². The molecule has 21 heavy (non-hydrogen) atoms. The average Bonchev–Trinajstić information content (AvgIpc) is 2.92. The summed E-state index contributed by atoms with van der Waals surface area (Å²) in [4.78, 5) is 0. The van der Waals surface area contributed by atoms with E-state index < -0.39 is 6.10 Å². The molecule has 0 fully saturated rings. The Hall–Kier alpha value is -1.64. The molecule has 0 amide bonds. The van der Waals surface area contributed by atoms with Crippen molar-refractivity contribution in [1.82, 2.24) is 0 Å². The lowest BCUT2D eigenvalue weighted by Crippen LogP contribution is -2.01. The smallest absolute Gasteiger partial charge is 0.105 e. The van der Waals surface area contributed by atoms with E-state index in [0.717, 1.165) is 28.4 Å². The van der Waals surface area contributed by atoms with Crippen LogP contribution < -0.4 is 0 Å². The largest absolute Gasteiger partial charge is 0.384 e. The molecule has 0 aliphatic heterocycles. The minimum absolute atomic E-state index is 0.590. The molecule has 0 unspecified atom stereocenters. The van der Waals surface area contributed by atoms with Crippen molar-refractivity contribution in [2.24, 2.45) is 0 Å². The van der Waals surface area contributed by atoms with Gasteiger partial charge in [-0.3, -0.25) is 0 Å². The molecule has 1 N–H and O–H groups in total. The number of rotatable bonds is 2. The van der Waals surface area contributed by atoms with Crippen LogP contribution in [0.25, 0.3) is 10.8 Å². The number of hydrogen-bond donors (Lipinski definition) is 1. The first-order valence-corrected chi connectivity index (χ1v) is 8.00. The van der Waals surface area contributed by atoms with Gasteiger partial charge in [0.15, 0.2) is 0 Å². The van der Waals surface area contributed by atoms with Crippen LogP contribution in [0.5, 0.6) is 0 Å². The van der Waals surface area contributed by atoms with Gasteiger partial charge in [-0.15, -0.1) is 0 Å². The Kier molecular flexibility index (Phi) is 3.09. The summed E-state index contributed by atoms with van der Waals surface area (Å²) in [7, 11) is 0. The van der Waals surface area contributed by atoms with E-state index in [2.05, 4.69) is 46.3 Å². The second-order valence-electron chi connectivity index (χ2n) is 5.61. The summed E-state index contributed by atoms with van der Waals surface area (Å²) in [5.41, 5.74) is 4.73. The van der Waals surface area contributed by atoms with Crippen molar-refractivity contribution in [3.63, 3.8) is 0 Å². The molecule has 1 atom stereocenters. The van der Waals surface area contributed by atoms with Crippen LogP contribution in [-0.2, 0) is 12.8 Å². The van der Waals surface area contributed by atoms with Crippen LogP contribution in [0.2, 0.25) is 0 Å². The molecule has 104 valence electrons. The molecule has 1 aliphatic rings. The van der Waals surface area contributed by atoms with Gasteiger partial charge in [0, 0.05) is 4.47 Å². The van der Waals surface area contributed by atoms with Gasteiger partial charge in [0.2, 0.25) is 0 Å². The Morgan fingerprint density at radius 2 is 1.67 bits per heavy atom. The number of aryl methyl sites for hydroxylation is 2. The molecule has 3 aromatic carbocycles. The molecule has 2 heteroatoms. The first-order chi connectivity index (χ1) is 10.2. The molecule has 4 rings (SSSR count). The van der Waals surface area contributed by atoms with Gasteiger partial charge < -0.3 is 5.11 Å². The molecular weight excluding hydrogens is 324 g/mol. The molecule has 0 saturated carbocycles. The number of aliphatic hydroxyl groups is 1. The highest BCUT2D eigenvalue weighted by Crippen LogP contribution is 2.36. The lowest BCUT2D eigenvalue weighted by Gasteiger charge is -2.15. The van der Waals surface area contributed by atoms with Crippen molar-refractivity contribution < 1.29 is 5.11 Å². The zero-order chi connectivity index (χ0) is 14.4. The third-order valence-electron chi connectivity index (χ3n) is 4.37. The summed E-state index contributed by atoms with van der Waals surface area (Å²) in [6, 6.07) is 18.6. The molecule has 0 saturated heterocycles. The fourth-order valence-electron chi connectivity index (χ4n) is 3.36. The van der Waals surface area contributed by atoms with E-state index in [1.165, 1.54) is 21.9 Å². The Labute approximate surface area is 132 Å². The Morgan fingerprint density at radius 3 is 2.48 bits per heavy atom.